The molecule has 0 radical (unpaired) electrons. The second-order valence-electron chi connectivity index (χ2n) is 6.52. The van der Waals surface area contributed by atoms with Crippen LogP contribution in [0.15, 0.2) is 88.8 Å². The zero-order valence-electron chi connectivity index (χ0n) is 16.1. The van der Waals surface area contributed by atoms with Crippen LogP contribution in [0.5, 0.6) is 0 Å². The SMILES string of the molecule is Clc1ccc(-n2c(SCc3noc(-c4ccccc4)n3)nnc2-c2ccncc2)cc1. The number of aromatic nitrogens is 6. The molecule has 0 N–H and O–H groups in total. The molecule has 0 aliphatic carbocycles. The Morgan fingerprint density at radius 2 is 1.65 bits per heavy atom. The van der Waals surface area contributed by atoms with Gasteiger partial charge in [0, 0.05) is 34.2 Å². The van der Waals surface area contributed by atoms with Crippen molar-refractivity contribution in [3.05, 3.63) is 90.0 Å². The van der Waals surface area contributed by atoms with Crippen molar-refractivity contribution in [2.45, 2.75) is 10.9 Å². The summed E-state index contributed by atoms with van der Waals surface area (Å²) in [6.07, 6.45) is 3.46. The highest BCUT2D eigenvalue weighted by molar-refractivity contribution is 7.98. The van der Waals surface area contributed by atoms with E-state index in [1.165, 1.54) is 11.8 Å². The number of nitrogens with zero attached hydrogens (tertiary/aromatic N) is 6. The maximum Gasteiger partial charge on any atom is 0.257 e. The van der Waals surface area contributed by atoms with E-state index in [0.29, 0.717) is 33.5 Å². The zero-order chi connectivity index (χ0) is 21.0. The van der Waals surface area contributed by atoms with E-state index in [4.69, 9.17) is 16.1 Å². The predicted molar refractivity (Wildman–Crippen MR) is 119 cm³/mol. The molecule has 0 bridgehead atoms. The first-order valence-electron chi connectivity index (χ1n) is 9.40. The summed E-state index contributed by atoms with van der Waals surface area (Å²) in [7, 11) is 0. The van der Waals surface area contributed by atoms with Crippen LogP contribution in [-0.2, 0) is 5.75 Å². The van der Waals surface area contributed by atoms with Crippen molar-refractivity contribution in [2.24, 2.45) is 0 Å². The fourth-order valence-corrected chi connectivity index (χ4v) is 3.93. The third-order valence-corrected chi connectivity index (χ3v) is 5.65. The quantitative estimate of drug-likeness (QED) is 0.326. The highest BCUT2D eigenvalue weighted by Gasteiger charge is 2.17. The molecular weight excluding hydrogens is 432 g/mol. The Kier molecular flexibility index (Phi) is 5.47. The monoisotopic (exact) mass is 446 g/mol. The number of benzene rings is 2. The van der Waals surface area contributed by atoms with Gasteiger partial charge in [-0.1, -0.05) is 46.7 Å². The summed E-state index contributed by atoms with van der Waals surface area (Å²) in [6, 6.07) is 21.0. The molecule has 0 atom stereocenters. The molecular formula is C22H15ClN6OS. The molecule has 0 saturated carbocycles. The molecule has 152 valence electrons. The van der Waals surface area contributed by atoms with Gasteiger partial charge in [-0.2, -0.15) is 4.98 Å². The first-order chi connectivity index (χ1) is 15.3. The minimum atomic E-state index is 0.485. The van der Waals surface area contributed by atoms with E-state index in [9.17, 15) is 0 Å². The molecule has 0 unspecified atom stereocenters. The van der Waals surface area contributed by atoms with Gasteiger partial charge in [-0.3, -0.25) is 9.55 Å². The van der Waals surface area contributed by atoms with Gasteiger partial charge in [0.05, 0.1) is 5.75 Å². The molecule has 0 amide bonds. The van der Waals surface area contributed by atoms with E-state index < -0.39 is 0 Å². The Hall–Kier alpha value is -3.49. The number of thioether (sulfide) groups is 1. The zero-order valence-corrected chi connectivity index (χ0v) is 17.7. The molecule has 2 aromatic carbocycles. The van der Waals surface area contributed by atoms with Gasteiger partial charge in [-0.05, 0) is 48.5 Å². The Morgan fingerprint density at radius 3 is 2.42 bits per heavy atom. The molecule has 0 aliphatic rings. The van der Waals surface area contributed by atoms with Gasteiger partial charge in [0.25, 0.3) is 5.89 Å². The molecule has 0 aliphatic heterocycles. The summed E-state index contributed by atoms with van der Waals surface area (Å²) in [5.74, 6) is 2.27. The van der Waals surface area contributed by atoms with Gasteiger partial charge in [-0.15, -0.1) is 10.2 Å². The fourth-order valence-electron chi connectivity index (χ4n) is 3.01. The fraction of sp³-hybridized carbons (Fsp3) is 0.0455. The molecule has 31 heavy (non-hydrogen) atoms. The Morgan fingerprint density at radius 1 is 0.871 bits per heavy atom. The van der Waals surface area contributed by atoms with Crippen molar-refractivity contribution in [3.8, 4) is 28.5 Å². The maximum absolute atomic E-state index is 6.08. The van der Waals surface area contributed by atoms with Crippen LogP contribution in [-0.4, -0.2) is 29.9 Å². The lowest BCUT2D eigenvalue weighted by Gasteiger charge is -2.10. The summed E-state index contributed by atoms with van der Waals surface area (Å²) in [4.78, 5) is 8.58. The standard InChI is InChI=1S/C22H15ClN6OS/c23-17-6-8-18(9-7-17)29-20(15-10-12-24-13-11-15)26-27-22(29)31-14-19-25-21(30-28-19)16-4-2-1-3-5-16/h1-13H,14H2. The van der Waals surface area contributed by atoms with Crippen LogP contribution in [0.25, 0.3) is 28.5 Å². The van der Waals surface area contributed by atoms with Crippen LogP contribution in [0.4, 0.5) is 0 Å². The highest BCUT2D eigenvalue weighted by Crippen LogP contribution is 2.30. The van der Waals surface area contributed by atoms with E-state index >= 15 is 0 Å². The third-order valence-electron chi connectivity index (χ3n) is 4.48. The molecule has 0 saturated heterocycles. The minimum absolute atomic E-state index is 0.485. The maximum atomic E-state index is 6.08. The molecule has 7 nitrogen and oxygen atoms in total. The lowest BCUT2D eigenvalue weighted by Crippen LogP contribution is -2.00. The largest absolute Gasteiger partial charge is 0.334 e. The minimum Gasteiger partial charge on any atom is -0.334 e. The topological polar surface area (TPSA) is 82.5 Å². The van der Waals surface area contributed by atoms with Crippen molar-refractivity contribution in [1.82, 2.24) is 29.9 Å². The van der Waals surface area contributed by atoms with E-state index in [1.807, 2.05) is 71.3 Å². The van der Waals surface area contributed by atoms with Gasteiger partial charge in [0.1, 0.15) is 0 Å². The summed E-state index contributed by atoms with van der Waals surface area (Å²) < 4.78 is 7.38. The van der Waals surface area contributed by atoms with Crippen molar-refractivity contribution in [3.63, 3.8) is 0 Å². The number of pyridine rings is 1. The van der Waals surface area contributed by atoms with E-state index in [1.54, 1.807) is 12.4 Å². The number of halogens is 1. The van der Waals surface area contributed by atoms with Gasteiger partial charge in [-0.25, -0.2) is 0 Å². The smallest absolute Gasteiger partial charge is 0.257 e. The molecule has 5 aromatic rings. The van der Waals surface area contributed by atoms with Crippen LogP contribution in [0.3, 0.4) is 0 Å². The van der Waals surface area contributed by atoms with Crippen LogP contribution >= 0.6 is 23.4 Å². The van der Waals surface area contributed by atoms with Gasteiger partial charge >= 0.3 is 0 Å². The summed E-state index contributed by atoms with van der Waals surface area (Å²) in [5.41, 5.74) is 2.70. The lowest BCUT2D eigenvalue weighted by atomic mass is 10.2. The van der Waals surface area contributed by atoms with Crippen molar-refractivity contribution < 1.29 is 4.52 Å². The third kappa shape index (κ3) is 4.21. The van der Waals surface area contributed by atoms with Crippen LogP contribution < -0.4 is 0 Å². The molecule has 0 fully saturated rings. The highest BCUT2D eigenvalue weighted by atomic mass is 35.5. The number of rotatable bonds is 6. The molecule has 3 aromatic heterocycles. The second kappa shape index (κ2) is 8.71. The van der Waals surface area contributed by atoms with Crippen LogP contribution in [0.1, 0.15) is 5.82 Å². The summed E-state index contributed by atoms with van der Waals surface area (Å²) in [6.45, 7) is 0. The molecule has 0 spiro atoms. The van der Waals surface area contributed by atoms with Gasteiger partial charge in [0.2, 0.25) is 0 Å². The number of hydrogen-bond donors (Lipinski definition) is 0. The average Bonchev–Trinajstić information content (AvgIpc) is 3.47. The Bertz CT molecular complexity index is 1290. The van der Waals surface area contributed by atoms with Crippen LogP contribution in [0, 0.1) is 0 Å². The lowest BCUT2D eigenvalue weighted by molar-refractivity contribution is 0.425. The van der Waals surface area contributed by atoms with Crippen LogP contribution in [0.2, 0.25) is 5.02 Å². The predicted octanol–water partition coefficient (Wildman–Crippen LogP) is 5.33. The van der Waals surface area contributed by atoms with Gasteiger partial charge < -0.3 is 4.52 Å². The first kappa shape index (κ1) is 19.5. The normalized spacial score (nSPS) is 11.0. The molecule has 9 heteroatoms. The van der Waals surface area contributed by atoms with Crippen molar-refractivity contribution in [2.75, 3.05) is 0 Å². The first-order valence-corrected chi connectivity index (χ1v) is 10.8. The van der Waals surface area contributed by atoms with Crippen molar-refractivity contribution in [1.29, 1.82) is 0 Å². The van der Waals surface area contributed by atoms with E-state index in [2.05, 4.69) is 25.3 Å². The average molecular weight is 447 g/mol. The van der Waals surface area contributed by atoms with E-state index in [0.717, 1.165) is 16.8 Å². The number of hydrogen-bond acceptors (Lipinski definition) is 7. The Balaban J connectivity index is 1.45. The summed E-state index contributed by atoms with van der Waals surface area (Å²) in [5, 5.41) is 14.3. The van der Waals surface area contributed by atoms with Gasteiger partial charge in [0.15, 0.2) is 16.8 Å². The summed E-state index contributed by atoms with van der Waals surface area (Å²) >= 11 is 7.56. The van der Waals surface area contributed by atoms with E-state index in [-0.39, 0.29) is 0 Å². The molecule has 5 rings (SSSR count). The molecule has 3 heterocycles. The second-order valence-corrected chi connectivity index (χ2v) is 7.90. The Labute approximate surface area is 187 Å². The van der Waals surface area contributed by atoms with Crippen molar-refractivity contribution >= 4 is 23.4 Å².